The highest BCUT2D eigenvalue weighted by Gasteiger charge is 2.59. The van der Waals surface area contributed by atoms with Gasteiger partial charge in [-0.15, -0.1) is 0 Å². The van der Waals surface area contributed by atoms with Gasteiger partial charge in [0.25, 0.3) is 5.82 Å². The minimum absolute atomic E-state index is 0.171. The van der Waals surface area contributed by atoms with Gasteiger partial charge in [-0.1, -0.05) is 27.7 Å². The summed E-state index contributed by atoms with van der Waals surface area (Å²) in [7, 11) is 8.30. The van der Waals surface area contributed by atoms with Crippen molar-refractivity contribution in [2.24, 2.45) is 7.05 Å². The predicted molar refractivity (Wildman–Crippen MR) is 113 cm³/mol. The summed E-state index contributed by atoms with van der Waals surface area (Å²) in [5.41, 5.74) is 4.90. The summed E-state index contributed by atoms with van der Waals surface area (Å²) in [4.78, 5) is 7.05. The van der Waals surface area contributed by atoms with Gasteiger partial charge in [-0.25, -0.2) is 9.38 Å². The molecule has 0 aliphatic carbocycles. The van der Waals surface area contributed by atoms with Crippen molar-refractivity contribution in [3.63, 3.8) is 0 Å². The Kier molecular flexibility index (Phi) is 6.06. The molecule has 0 N–H and O–H groups in total. The lowest BCUT2D eigenvalue weighted by molar-refractivity contribution is -0.657. The second-order valence-corrected chi connectivity index (χ2v) is 6.03. The van der Waals surface area contributed by atoms with Crippen LogP contribution in [0.15, 0.2) is 30.5 Å². The van der Waals surface area contributed by atoms with Gasteiger partial charge in [0.15, 0.2) is 0 Å². The van der Waals surface area contributed by atoms with Gasteiger partial charge in [0.2, 0.25) is 0 Å². The molecule has 2 aliphatic rings. The Labute approximate surface area is 158 Å². The van der Waals surface area contributed by atoms with Crippen molar-refractivity contribution >= 4 is 30.0 Å². The summed E-state index contributed by atoms with van der Waals surface area (Å²) in [5, 5.41) is 0. The number of aromatic nitrogens is 1. The van der Waals surface area contributed by atoms with Crippen LogP contribution in [0.4, 0.5) is 22.9 Å². The molecule has 26 heavy (non-hydrogen) atoms. The average Bonchev–Trinajstić information content (AvgIpc) is 3.14. The highest BCUT2D eigenvalue weighted by Crippen LogP contribution is 2.51. The zero-order valence-corrected chi connectivity index (χ0v) is 17.7. The Bertz CT molecular complexity index is 781. The monoisotopic (exact) mass is 355 g/mol. The van der Waals surface area contributed by atoms with E-state index in [4.69, 9.17) is 4.74 Å². The number of hydrogen-bond donors (Lipinski definition) is 0. The number of rotatable bonds is 1. The van der Waals surface area contributed by atoms with E-state index in [2.05, 4.69) is 77.5 Å². The number of benzene rings is 1. The van der Waals surface area contributed by atoms with Gasteiger partial charge in [0, 0.05) is 5.56 Å². The van der Waals surface area contributed by atoms with E-state index in [0.717, 1.165) is 5.75 Å². The highest BCUT2D eigenvalue weighted by atomic mass is 16.5. The minimum atomic E-state index is 0.171. The molecule has 2 aromatic rings. The number of fused-ring (bicyclic) bond motifs is 5. The molecule has 0 saturated carbocycles. The van der Waals surface area contributed by atoms with Gasteiger partial charge < -0.3 is 14.4 Å². The minimum Gasteiger partial charge on any atom is -0.496 e. The maximum atomic E-state index is 5.53. The lowest BCUT2D eigenvalue weighted by atomic mass is 9.90. The fraction of sp³-hybridized carbons (Fsp3) is 0.450. The molecule has 5 nitrogen and oxygen atoms in total. The lowest BCUT2D eigenvalue weighted by Crippen LogP contribution is -2.53. The second-order valence-electron chi connectivity index (χ2n) is 6.03. The van der Waals surface area contributed by atoms with Gasteiger partial charge in [-0.3, -0.25) is 0 Å². The van der Waals surface area contributed by atoms with Crippen LogP contribution in [0.25, 0.3) is 0 Å². The molecule has 0 amide bonds. The summed E-state index contributed by atoms with van der Waals surface area (Å²) >= 11 is 0. The van der Waals surface area contributed by atoms with Crippen molar-refractivity contribution in [3.8, 4) is 5.75 Å². The molecular formula is C20H32BN4O+. The van der Waals surface area contributed by atoms with Crippen molar-refractivity contribution in [3.05, 3.63) is 36.0 Å². The largest absolute Gasteiger partial charge is 0.634 e. The van der Waals surface area contributed by atoms with Crippen LogP contribution in [-0.2, 0) is 7.05 Å². The molecule has 4 rings (SSSR count). The zero-order chi connectivity index (χ0) is 19.6. The smallest absolute Gasteiger partial charge is 0.496 e. The molecule has 3 heterocycles. The molecule has 1 aromatic heterocycles. The van der Waals surface area contributed by atoms with Crippen LogP contribution < -0.4 is 23.7 Å². The first-order chi connectivity index (χ1) is 12.6. The SMILES string of the molecule is CC.CC.COc1ccc2c(c1C)N1B(N2C)N(C)c2ccc[n+](C)c21. The molecule has 1 aromatic carbocycles. The van der Waals surface area contributed by atoms with E-state index >= 15 is 0 Å². The Morgan fingerprint density at radius 1 is 0.962 bits per heavy atom. The molecule has 0 unspecified atom stereocenters. The van der Waals surface area contributed by atoms with E-state index in [-0.39, 0.29) is 7.12 Å². The van der Waals surface area contributed by atoms with Crippen molar-refractivity contribution in [2.45, 2.75) is 34.6 Å². The Morgan fingerprint density at radius 3 is 2.19 bits per heavy atom. The first kappa shape index (κ1) is 20.0. The summed E-state index contributed by atoms with van der Waals surface area (Å²) in [5.74, 6) is 2.15. The third kappa shape index (κ3) is 2.68. The molecule has 6 heteroatoms. The first-order valence-electron chi connectivity index (χ1n) is 9.47. The summed E-state index contributed by atoms with van der Waals surface area (Å²) in [6.45, 7) is 10.1. The molecule has 140 valence electrons. The van der Waals surface area contributed by atoms with E-state index in [1.807, 2.05) is 27.7 Å². The molecular weight excluding hydrogens is 323 g/mol. The summed E-state index contributed by atoms with van der Waals surface area (Å²) < 4.78 is 7.72. The molecule has 2 aliphatic heterocycles. The molecule has 0 spiro atoms. The molecule has 0 fully saturated rings. The van der Waals surface area contributed by atoms with Crippen molar-refractivity contribution in [2.75, 3.05) is 35.6 Å². The molecule has 0 radical (unpaired) electrons. The van der Waals surface area contributed by atoms with Crippen LogP contribution in [0.1, 0.15) is 33.3 Å². The van der Waals surface area contributed by atoms with E-state index in [1.165, 1.54) is 28.4 Å². The Morgan fingerprint density at radius 2 is 1.58 bits per heavy atom. The third-order valence-electron chi connectivity index (χ3n) is 4.86. The van der Waals surface area contributed by atoms with Crippen LogP contribution >= 0.6 is 0 Å². The Hall–Kier alpha value is -2.37. The lowest BCUT2D eigenvalue weighted by Gasteiger charge is -2.19. The van der Waals surface area contributed by atoms with Crippen molar-refractivity contribution < 1.29 is 9.30 Å². The number of hydrogen-bond acceptors (Lipinski definition) is 4. The maximum absolute atomic E-state index is 5.53. The fourth-order valence-corrected chi connectivity index (χ4v) is 3.82. The van der Waals surface area contributed by atoms with Crippen molar-refractivity contribution in [1.82, 2.24) is 0 Å². The third-order valence-corrected chi connectivity index (χ3v) is 4.86. The van der Waals surface area contributed by atoms with E-state index in [1.54, 1.807) is 7.11 Å². The molecule has 0 saturated heterocycles. The molecule has 0 bridgehead atoms. The van der Waals surface area contributed by atoms with Crippen LogP contribution in [0.5, 0.6) is 5.75 Å². The van der Waals surface area contributed by atoms with Gasteiger partial charge in [0.05, 0.1) is 26.0 Å². The van der Waals surface area contributed by atoms with Crippen LogP contribution in [-0.4, -0.2) is 28.3 Å². The van der Waals surface area contributed by atoms with Crippen LogP contribution in [0.2, 0.25) is 0 Å². The fourth-order valence-electron chi connectivity index (χ4n) is 3.82. The number of methoxy groups -OCH3 is 1. The molecule has 0 atom stereocenters. The van der Waals surface area contributed by atoms with Gasteiger partial charge >= 0.3 is 7.12 Å². The first-order valence-corrected chi connectivity index (χ1v) is 9.47. The number of ether oxygens (including phenoxy) is 1. The van der Waals surface area contributed by atoms with E-state index in [9.17, 15) is 0 Å². The number of aryl methyl sites for hydroxylation is 1. The summed E-state index contributed by atoms with van der Waals surface area (Å²) in [6.07, 6.45) is 2.10. The number of pyridine rings is 1. The van der Waals surface area contributed by atoms with E-state index in [0.29, 0.717) is 0 Å². The zero-order valence-electron chi connectivity index (χ0n) is 17.7. The predicted octanol–water partition coefficient (Wildman–Crippen LogP) is 3.90. The van der Waals surface area contributed by atoms with Crippen LogP contribution in [0.3, 0.4) is 0 Å². The average molecular weight is 355 g/mol. The van der Waals surface area contributed by atoms with E-state index < -0.39 is 0 Å². The second kappa shape index (κ2) is 7.89. The number of anilines is 4. The Balaban J connectivity index is 0.000000570. The highest BCUT2D eigenvalue weighted by molar-refractivity contribution is 6.77. The van der Waals surface area contributed by atoms with Gasteiger partial charge in [-0.2, -0.15) is 0 Å². The quantitative estimate of drug-likeness (QED) is 0.572. The number of nitrogens with zero attached hydrogens (tertiary/aromatic N) is 4. The van der Waals surface area contributed by atoms with Gasteiger partial charge in [-0.05, 0) is 45.3 Å². The van der Waals surface area contributed by atoms with Gasteiger partial charge in [0.1, 0.15) is 17.1 Å². The maximum Gasteiger partial charge on any atom is 0.634 e. The topological polar surface area (TPSA) is 22.8 Å². The normalized spacial score (nSPS) is 13.3. The standard InChI is InChI=1S/C16H20BN4O.2C2H6/c1-11-14(22-5)9-8-12-15(11)21-16-13(7-6-10-18(16)2)20(4)17(21)19(12)3;2*1-2/h6-10H,1-5H3;2*1-2H3/q+1;;. The summed E-state index contributed by atoms with van der Waals surface area (Å²) in [6, 6.07) is 8.47. The van der Waals surface area contributed by atoms with Crippen LogP contribution in [0, 0.1) is 6.92 Å². The van der Waals surface area contributed by atoms with Crippen molar-refractivity contribution in [1.29, 1.82) is 0 Å².